The molecule has 0 radical (unpaired) electrons. The Kier molecular flexibility index (Phi) is 5.92. The van der Waals surface area contributed by atoms with Gasteiger partial charge in [-0.3, -0.25) is 9.69 Å². The molecule has 0 aliphatic rings. The van der Waals surface area contributed by atoms with E-state index in [2.05, 4.69) is 0 Å². The highest BCUT2D eigenvalue weighted by Gasteiger charge is 2.19. The molecule has 0 aromatic heterocycles. The van der Waals surface area contributed by atoms with E-state index in [0.717, 1.165) is 0 Å². The van der Waals surface area contributed by atoms with Crippen molar-refractivity contribution in [2.75, 3.05) is 27.7 Å². The summed E-state index contributed by atoms with van der Waals surface area (Å²) in [5.41, 5.74) is 6.32. The molecule has 0 spiro atoms. The van der Waals surface area contributed by atoms with Crippen LogP contribution in [-0.4, -0.2) is 49.4 Å². The minimum absolute atomic E-state index is 0.0239. The van der Waals surface area contributed by atoms with Crippen LogP contribution in [0.1, 0.15) is 12.0 Å². The van der Waals surface area contributed by atoms with Crippen molar-refractivity contribution >= 4 is 5.91 Å². The molecule has 1 aromatic rings. The Labute approximate surface area is 114 Å². The second kappa shape index (κ2) is 7.21. The third-order valence-corrected chi connectivity index (χ3v) is 3.18. The standard InChI is InChI=1S/C14H22FN3O/c1-17(2)14(19)8-12(9-16)18(3)10-11-6-4-5-7-13(11)15/h4-7,12H,8-10,16H2,1-3H3. The fraction of sp³-hybridized carbons (Fsp3) is 0.500. The van der Waals surface area contributed by atoms with Crippen molar-refractivity contribution < 1.29 is 9.18 Å². The van der Waals surface area contributed by atoms with Gasteiger partial charge in [-0.2, -0.15) is 0 Å². The third-order valence-electron chi connectivity index (χ3n) is 3.18. The molecule has 1 rings (SSSR count). The van der Waals surface area contributed by atoms with Gasteiger partial charge in [0, 0.05) is 45.2 Å². The normalized spacial score (nSPS) is 12.5. The van der Waals surface area contributed by atoms with Gasteiger partial charge in [0.2, 0.25) is 5.91 Å². The summed E-state index contributed by atoms with van der Waals surface area (Å²) in [5, 5.41) is 0. The fourth-order valence-corrected chi connectivity index (χ4v) is 1.83. The molecule has 0 heterocycles. The van der Waals surface area contributed by atoms with Crippen LogP contribution in [0.25, 0.3) is 0 Å². The average molecular weight is 267 g/mol. The van der Waals surface area contributed by atoms with Crippen LogP contribution in [0.15, 0.2) is 24.3 Å². The van der Waals surface area contributed by atoms with E-state index in [9.17, 15) is 9.18 Å². The maximum atomic E-state index is 13.6. The molecule has 1 amide bonds. The van der Waals surface area contributed by atoms with Crippen molar-refractivity contribution in [3.05, 3.63) is 35.6 Å². The number of halogens is 1. The van der Waals surface area contributed by atoms with Gasteiger partial charge < -0.3 is 10.6 Å². The molecule has 0 fully saturated rings. The van der Waals surface area contributed by atoms with E-state index in [1.807, 2.05) is 11.9 Å². The lowest BCUT2D eigenvalue weighted by Crippen LogP contribution is -2.41. The maximum absolute atomic E-state index is 13.6. The van der Waals surface area contributed by atoms with Crippen LogP contribution in [0.3, 0.4) is 0 Å². The first-order chi connectivity index (χ1) is 8.95. The summed E-state index contributed by atoms with van der Waals surface area (Å²) in [6, 6.07) is 6.55. The highest BCUT2D eigenvalue weighted by atomic mass is 19.1. The van der Waals surface area contributed by atoms with Crippen molar-refractivity contribution in [2.24, 2.45) is 5.73 Å². The zero-order chi connectivity index (χ0) is 14.4. The molecule has 0 bridgehead atoms. The molecule has 1 aromatic carbocycles. The van der Waals surface area contributed by atoms with E-state index in [-0.39, 0.29) is 17.8 Å². The number of amides is 1. The van der Waals surface area contributed by atoms with E-state index in [0.29, 0.717) is 25.1 Å². The number of nitrogens with two attached hydrogens (primary N) is 1. The second-order valence-corrected chi connectivity index (χ2v) is 4.89. The van der Waals surface area contributed by atoms with Crippen LogP contribution in [0.5, 0.6) is 0 Å². The lowest BCUT2D eigenvalue weighted by Gasteiger charge is -2.27. The highest BCUT2D eigenvalue weighted by Crippen LogP contribution is 2.12. The lowest BCUT2D eigenvalue weighted by atomic mass is 10.1. The van der Waals surface area contributed by atoms with Crippen LogP contribution in [0.4, 0.5) is 4.39 Å². The maximum Gasteiger partial charge on any atom is 0.223 e. The summed E-state index contributed by atoms with van der Waals surface area (Å²) in [6.07, 6.45) is 0.342. The summed E-state index contributed by atoms with van der Waals surface area (Å²) < 4.78 is 13.6. The molecular weight excluding hydrogens is 245 g/mol. The van der Waals surface area contributed by atoms with Crippen LogP contribution in [0.2, 0.25) is 0 Å². The fourth-order valence-electron chi connectivity index (χ4n) is 1.83. The molecule has 2 N–H and O–H groups in total. The van der Waals surface area contributed by atoms with E-state index in [1.165, 1.54) is 6.07 Å². The number of hydrogen-bond donors (Lipinski definition) is 1. The molecule has 106 valence electrons. The van der Waals surface area contributed by atoms with Crippen LogP contribution >= 0.6 is 0 Å². The largest absolute Gasteiger partial charge is 0.349 e. The Morgan fingerprint density at radius 2 is 1.95 bits per heavy atom. The Bertz CT molecular complexity index is 423. The summed E-state index contributed by atoms with van der Waals surface area (Å²) >= 11 is 0. The van der Waals surface area contributed by atoms with Crippen molar-refractivity contribution in [3.8, 4) is 0 Å². The summed E-state index contributed by atoms with van der Waals surface area (Å²) in [6.45, 7) is 0.805. The number of carbonyl (C=O) groups excluding carboxylic acids is 1. The first kappa shape index (κ1) is 15.6. The Morgan fingerprint density at radius 1 is 1.32 bits per heavy atom. The van der Waals surface area contributed by atoms with Crippen molar-refractivity contribution in [3.63, 3.8) is 0 Å². The second-order valence-electron chi connectivity index (χ2n) is 4.89. The predicted octanol–water partition coefficient (Wildman–Crippen LogP) is 1.06. The molecule has 19 heavy (non-hydrogen) atoms. The quantitative estimate of drug-likeness (QED) is 0.838. The lowest BCUT2D eigenvalue weighted by molar-refractivity contribution is -0.129. The van der Waals surface area contributed by atoms with E-state index < -0.39 is 0 Å². The van der Waals surface area contributed by atoms with E-state index >= 15 is 0 Å². The molecule has 4 nitrogen and oxygen atoms in total. The number of nitrogens with zero attached hydrogens (tertiary/aromatic N) is 2. The van der Waals surface area contributed by atoms with Crippen molar-refractivity contribution in [1.82, 2.24) is 9.80 Å². The summed E-state index contributed by atoms with van der Waals surface area (Å²) in [7, 11) is 5.28. The minimum Gasteiger partial charge on any atom is -0.349 e. The smallest absolute Gasteiger partial charge is 0.223 e. The first-order valence-electron chi connectivity index (χ1n) is 6.29. The van der Waals surface area contributed by atoms with Crippen LogP contribution < -0.4 is 5.73 Å². The summed E-state index contributed by atoms with van der Waals surface area (Å²) in [5.74, 6) is -0.208. The molecular formula is C14H22FN3O. The van der Waals surface area contributed by atoms with Gasteiger partial charge in [0.1, 0.15) is 5.82 Å². The predicted molar refractivity (Wildman–Crippen MR) is 74.0 cm³/mol. The third kappa shape index (κ3) is 4.61. The van der Waals surface area contributed by atoms with Gasteiger partial charge in [0.25, 0.3) is 0 Å². The monoisotopic (exact) mass is 267 g/mol. The SMILES string of the molecule is CN(C)C(=O)CC(CN)N(C)Cc1ccccc1F. The Hall–Kier alpha value is -1.46. The van der Waals surface area contributed by atoms with Crippen molar-refractivity contribution in [1.29, 1.82) is 0 Å². The molecule has 0 aliphatic carbocycles. The van der Waals surface area contributed by atoms with Gasteiger partial charge in [-0.25, -0.2) is 4.39 Å². The Morgan fingerprint density at radius 3 is 2.47 bits per heavy atom. The molecule has 0 saturated carbocycles. The average Bonchev–Trinajstić information content (AvgIpc) is 2.38. The summed E-state index contributed by atoms with van der Waals surface area (Å²) in [4.78, 5) is 15.2. The number of benzene rings is 1. The van der Waals surface area contributed by atoms with Gasteiger partial charge >= 0.3 is 0 Å². The molecule has 1 unspecified atom stereocenters. The molecule has 1 atom stereocenters. The van der Waals surface area contributed by atoms with Crippen LogP contribution in [-0.2, 0) is 11.3 Å². The Balaban J connectivity index is 2.66. The van der Waals surface area contributed by atoms with Gasteiger partial charge in [-0.15, -0.1) is 0 Å². The highest BCUT2D eigenvalue weighted by molar-refractivity contribution is 5.76. The van der Waals surface area contributed by atoms with Gasteiger partial charge in [0.15, 0.2) is 0 Å². The number of rotatable bonds is 6. The molecule has 0 saturated heterocycles. The minimum atomic E-state index is -0.232. The number of carbonyl (C=O) groups is 1. The van der Waals surface area contributed by atoms with Crippen molar-refractivity contribution in [2.45, 2.75) is 19.0 Å². The van der Waals surface area contributed by atoms with E-state index in [1.54, 1.807) is 37.2 Å². The van der Waals surface area contributed by atoms with E-state index in [4.69, 9.17) is 5.73 Å². The van der Waals surface area contributed by atoms with Gasteiger partial charge in [0.05, 0.1) is 0 Å². The molecule has 5 heteroatoms. The van der Waals surface area contributed by atoms with Gasteiger partial charge in [-0.05, 0) is 13.1 Å². The van der Waals surface area contributed by atoms with Gasteiger partial charge in [-0.1, -0.05) is 18.2 Å². The van der Waals surface area contributed by atoms with Crippen LogP contribution in [0, 0.1) is 5.82 Å². The zero-order valence-corrected chi connectivity index (χ0v) is 11.8. The number of likely N-dealkylation sites (N-methyl/N-ethyl adjacent to an activating group) is 1. The molecule has 0 aliphatic heterocycles. The topological polar surface area (TPSA) is 49.6 Å². The number of hydrogen-bond acceptors (Lipinski definition) is 3. The first-order valence-corrected chi connectivity index (χ1v) is 6.29. The zero-order valence-electron chi connectivity index (χ0n) is 11.8.